The number of nitriles is 1. The summed E-state index contributed by atoms with van der Waals surface area (Å²) in [6.07, 6.45) is 2.82. The van der Waals surface area contributed by atoms with Gasteiger partial charge in [0, 0.05) is 11.6 Å². The highest BCUT2D eigenvalue weighted by Gasteiger charge is 2.03. The van der Waals surface area contributed by atoms with Crippen molar-refractivity contribution in [3.63, 3.8) is 0 Å². The van der Waals surface area contributed by atoms with Gasteiger partial charge in [0.2, 0.25) is 0 Å². The molecule has 0 atom stereocenters. The summed E-state index contributed by atoms with van der Waals surface area (Å²) in [7, 11) is 0. The van der Waals surface area contributed by atoms with E-state index in [2.05, 4.69) is 0 Å². The summed E-state index contributed by atoms with van der Waals surface area (Å²) in [4.78, 5) is 0. The summed E-state index contributed by atoms with van der Waals surface area (Å²) in [5.74, 6) is 0.724. The van der Waals surface area contributed by atoms with Crippen LogP contribution in [0.4, 0.5) is 0 Å². The van der Waals surface area contributed by atoms with Gasteiger partial charge in [-0.15, -0.1) is 0 Å². The van der Waals surface area contributed by atoms with Gasteiger partial charge in [0.05, 0.1) is 17.4 Å². The lowest BCUT2D eigenvalue weighted by molar-refractivity contribution is 0.533. The highest BCUT2D eigenvalue weighted by Crippen LogP contribution is 2.22. The Hall–Kier alpha value is -1.20. The second-order valence-corrected chi connectivity index (χ2v) is 2.42. The van der Waals surface area contributed by atoms with Crippen LogP contribution < -0.4 is 0 Å². The normalized spacial score (nSPS) is 11.2. The first-order chi connectivity index (χ1) is 5.25. The summed E-state index contributed by atoms with van der Waals surface area (Å²) >= 11 is 5.73. The Balaban J connectivity index is 3.04. The second-order valence-electron chi connectivity index (χ2n) is 2.01. The van der Waals surface area contributed by atoms with Crippen molar-refractivity contribution in [1.29, 1.82) is 5.26 Å². The summed E-state index contributed by atoms with van der Waals surface area (Å²) < 4.78 is 5.00. The SMILES string of the molecule is Cc1occc1/C(Cl)=C/C#N. The lowest BCUT2D eigenvalue weighted by atomic mass is 10.2. The van der Waals surface area contributed by atoms with E-state index in [9.17, 15) is 0 Å². The standard InChI is InChI=1S/C8H6ClNO/c1-6-7(3-5-11-6)8(9)2-4-10/h2-3,5H,1H3/b8-2-. The molecule has 0 amide bonds. The molecular weight excluding hydrogens is 162 g/mol. The summed E-state index contributed by atoms with van der Waals surface area (Å²) in [5, 5.41) is 8.70. The van der Waals surface area contributed by atoms with E-state index < -0.39 is 0 Å². The predicted octanol–water partition coefficient (Wildman–Crippen LogP) is 2.69. The van der Waals surface area contributed by atoms with Crippen molar-refractivity contribution < 1.29 is 4.42 Å². The van der Waals surface area contributed by atoms with Crippen molar-refractivity contribution in [3.05, 3.63) is 29.7 Å². The van der Waals surface area contributed by atoms with Crippen LogP contribution in [0.25, 0.3) is 5.03 Å². The molecule has 0 unspecified atom stereocenters. The minimum atomic E-state index is 0.416. The van der Waals surface area contributed by atoms with Crippen molar-refractivity contribution in [3.8, 4) is 6.07 Å². The number of aryl methyl sites for hydroxylation is 1. The van der Waals surface area contributed by atoms with Crippen LogP contribution in [0.15, 0.2) is 22.8 Å². The molecule has 0 spiro atoms. The first kappa shape index (κ1) is 7.90. The fourth-order valence-corrected chi connectivity index (χ4v) is 1.01. The quantitative estimate of drug-likeness (QED) is 0.603. The van der Waals surface area contributed by atoms with Gasteiger partial charge in [0.15, 0.2) is 0 Å². The van der Waals surface area contributed by atoms with E-state index in [1.807, 2.05) is 6.07 Å². The predicted molar refractivity (Wildman–Crippen MR) is 42.9 cm³/mol. The minimum absolute atomic E-state index is 0.416. The smallest absolute Gasteiger partial charge is 0.109 e. The summed E-state index contributed by atoms with van der Waals surface area (Å²) in [6, 6.07) is 3.58. The monoisotopic (exact) mass is 167 g/mol. The molecule has 0 radical (unpaired) electrons. The van der Waals surface area contributed by atoms with Gasteiger partial charge in [-0.1, -0.05) is 11.6 Å². The Morgan fingerprint density at radius 3 is 3.00 bits per heavy atom. The number of halogens is 1. The Kier molecular flexibility index (Phi) is 2.35. The molecule has 0 saturated heterocycles. The van der Waals surface area contributed by atoms with Gasteiger partial charge in [0.25, 0.3) is 0 Å². The van der Waals surface area contributed by atoms with E-state index in [1.54, 1.807) is 13.0 Å². The van der Waals surface area contributed by atoms with Crippen LogP contribution >= 0.6 is 11.6 Å². The lowest BCUT2D eigenvalue weighted by Crippen LogP contribution is -1.74. The molecule has 1 aromatic rings. The van der Waals surface area contributed by atoms with Crippen molar-refractivity contribution in [2.45, 2.75) is 6.92 Å². The van der Waals surface area contributed by atoms with Gasteiger partial charge >= 0.3 is 0 Å². The fourth-order valence-electron chi connectivity index (χ4n) is 0.767. The second kappa shape index (κ2) is 3.27. The van der Waals surface area contributed by atoms with E-state index >= 15 is 0 Å². The van der Waals surface area contributed by atoms with E-state index in [1.165, 1.54) is 12.3 Å². The molecule has 11 heavy (non-hydrogen) atoms. The zero-order valence-corrected chi connectivity index (χ0v) is 6.72. The van der Waals surface area contributed by atoms with E-state index in [4.69, 9.17) is 21.3 Å². The van der Waals surface area contributed by atoms with Gasteiger partial charge in [-0.25, -0.2) is 0 Å². The number of hydrogen-bond acceptors (Lipinski definition) is 2. The minimum Gasteiger partial charge on any atom is -0.469 e. The van der Waals surface area contributed by atoms with Gasteiger partial charge < -0.3 is 4.42 Å². The Bertz CT molecular complexity index is 319. The topological polar surface area (TPSA) is 36.9 Å². The average molecular weight is 168 g/mol. The molecule has 0 aliphatic rings. The molecular formula is C8H6ClNO. The highest BCUT2D eigenvalue weighted by molar-refractivity contribution is 6.49. The molecule has 1 rings (SSSR count). The third-order valence-electron chi connectivity index (χ3n) is 1.31. The zero-order chi connectivity index (χ0) is 8.27. The highest BCUT2D eigenvalue weighted by atomic mass is 35.5. The Morgan fingerprint density at radius 1 is 1.82 bits per heavy atom. The maximum atomic E-state index is 8.28. The van der Waals surface area contributed by atoms with Crippen LogP contribution in [-0.4, -0.2) is 0 Å². The number of hydrogen-bond donors (Lipinski definition) is 0. The van der Waals surface area contributed by atoms with Gasteiger partial charge in [-0.2, -0.15) is 5.26 Å². The lowest BCUT2D eigenvalue weighted by Gasteiger charge is -1.91. The van der Waals surface area contributed by atoms with Crippen molar-refractivity contribution in [2.75, 3.05) is 0 Å². The summed E-state index contributed by atoms with van der Waals surface area (Å²) in [5.41, 5.74) is 0.771. The molecule has 0 aromatic carbocycles. The van der Waals surface area contributed by atoms with Crippen LogP contribution in [0, 0.1) is 18.3 Å². The molecule has 1 aromatic heterocycles. The third kappa shape index (κ3) is 1.63. The maximum Gasteiger partial charge on any atom is 0.109 e. The average Bonchev–Trinajstić information content (AvgIpc) is 2.36. The fraction of sp³-hybridized carbons (Fsp3) is 0.125. The molecule has 0 saturated carbocycles. The van der Waals surface area contributed by atoms with Crippen LogP contribution in [0.2, 0.25) is 0 Å². The van der Waals surface area contributed by atoms with E-state index in [-0.39, 0.29) is 0 Å². The van der Waals surface area contributed by atoms with Crippen LogP contribution in [0.1, 0.15) is 11.3 Å². The van der Waals surface area contributed by atoms with Crippen LogP contribution in [0.3, 0.4) is 0 Å². The molecule has 56 valence electrons. The molecule has 1 heterocycles. The Morgan fingerprint density at radius 2 is 2.55 bits per heavy atom. The van der Waals surface area contributed by atoms with Gasteiger partial charge in [-0.05, 0) is 13.0 Å². The van der Waals surface area contributed by atoms with Crippen molar-refractivity contribution in [2.24, 2.45) is 0 Å². The van der Waals surface area contributed by atoms with Crippen molar-refractivity contribution in [1.82, 2.24) is 0 Å². The zero-order valence-electron chi connectivity index (χ0n) is 5.97. The molecule has 0 fully saturated rings. The molecule has 0 aliphatic carbocycles. The Labute approximate surface area is 69.7 Å². The maximum absolute atomic E-state index is 8.28. The molecule has 0 aliphatic heterocycles. The van der Waals surface area contributed by atoms with E-state index in [0.717, 1.165) is 11.3 Å². The van der Waals surface area contributed by atoms with Crippen LogP contribution in [-0.2, 0) is 0 Å². The van der Waals surface area contributed by atoms with Gasteiger partial charge in [0.1, 0.15) is 5.76 Å². The molecule has 0 N–H and O–H groups in total. The number of furan rings is 1. The first-order valence-electron chi connectivity index (χ1n) is 3.05. The van der Waals surface area contributed by atoms with E-state index in [0.29, 0.717) is 5.03 Å². The molecule has 0 bridgehead atoms. The number of rotatable bonds is 1. The summed E-state index contributed by atoms with van der Waals surface area (Å²) in [6.45, 7) is 1.79. The number of allylic oxidation sites excluding steroid dienone is 1. The largest absolute Gasteiger partial charge is 0.469 e. The third-order valence-corrected chi connectivity index (χ3v) is 1.62. The first-order valence-corrected chi connectivity index (χ1v) is 3.43. The van der Waals surface area contributed by atoms with Gasteiger partial charge in [-0.3, -0.25) is 0 Å². The van der Waals surface area contributed by atoms with Crippen molar-refractivity contribution >= 4 is 16.6 Å². The number of nitrogens with zero attached hydrogens (tertiary/aromatic N) is 1. The molecule has 2 nitrogen and oxygen atoms in total. The molecule has 3 heteroatoms. The van der Waals surface area contributed by atoms with Crippen LogP contribution in [0.5, 0.6) is 0 Å².